The molecule has 0 bridgehead atoms. The summed E-state index contributed by atoms with van der Waals surface area (Å²) in [6, 6.07) is 8.23. The number of halogens is 1. The molecule has 0 spiro atoms. The Kier molecular flexibility index (Phi) is 3.35. The van der Waals surface area contributed by atoms with Gasteiger partial charge in [-0.15, -0.1) is 0 Å². The molecule has 1 unspecified atom stereocenters. The molecule has 1 aromatic carbocycles. The first-order valence-electron chi connectivity index (χ1n) is 5.57. The minimum absolute atomic E-state index is 0.0267. The molecule has 1 aromatic heterocycles. The van der Waals surface area contributed by atoms with E-state index in [0.717, 1.165) is 27.1 Å². The lowest BCUT2D eigenvalue weighted by Crippen LogP contribution is -2.07. The number of nitrogens with two attached hydrogens (primary N) is 1. The second-order valence-corrected chi connectivity index (χ2v) is 5.19. The standard InChI is InChI=1S/C13H16BrN3/c1-8-6-9(2)17(16-8)11-4-5-12(10(3)15)13(14)7-11/h4-7,10H,15H2,1-3H3. The summed E-state index contributed by atoms with van der Waals surface area (Å²) in [5.74, 6) is 0. The first-order chi connectivity index (χ1) is 7.99. The van der Waals surface area contributed by atoms with Crippen LogP contribution in [-0.4, -0.2) is 9.78 Å². The van der Waals surface area contributed by atoms with Crippen LogP contribution in [0.3, 0.4) is 0 Å². The van der Waals surface area contributed by atoms with Gasteiger partial charge in [0.15, 0.2) is 0 Å². The summed E-state index contributed by atoms with van der Waals surface area (Å²) in [6.45, 7) is 6.02. The van der Waals surface area contributed by atoms with Gasteiger partial charge in [0.2, 0.25) is 0 Å². The van der Waals surface area contributed by atoms with E-state index in [4.69, 9.17) is 5.73 Å². The van der Waals surface area contributed by atoms with Crippen LogP contribution in [0.25, 0.3) is 5.69 Å². The lowest BCUT2D eigenvalue weighted by Gasteiger charge is -2.11. The highest BCUT2D eigenvalue weighted by molar-refractivity contribution is 9.10. The van der Waals surface area contributed by atoms with E-state index in [9.17, 15) is 0 Å². The number of nitrogens with zero attached hydrogens (tertiary/aromatic N) is 2. The van der Waals surface area contributed by atoms with Crippen LogP contribution >= 0.6 is 15.9 Å². The zero-order chi connectivity index (χ0) is 12.6. The van der Waals surface area contributed by atoms with Crippen LogP contribution in [0, 0.1) is 13.8 Å². The van der Waals surface area contributed by atoms with Crippen molar-refractivity contribution in [3.8, 4) is 5.69 Å². The molecule has 3 nitrogen and oxygen atoms in total. The molecular weight excluding hydrogens is 278 g/mol. The molecule has 4 heteroatoms. The number of aromatic nitrogens is 2. The molecule has 1 heterocycles. The molecule has 90 valence electrons. The average Bonchev–Trinajstić information content (AvgIpc) is 2.57. The smallest absolute Gasteiger partial charge is 0.0660 e. The van der Waals surface area contributed by atoms with Gasteiger partial charge in [-0.05, 0) is 44.5 Å². The third kappa shape index (κ3) is 2.42. The third-order valence-electron chi connectivity index (χ3n) is 2.73. The van der Waals surface area contributed by atoms with Crippen molar-refractivity contribution in [1.29, 1.82) is 0 Å². The fourth-order valence-electron chi connectivity index (χ4n) is 1.91. The zero-order valence-corrected chi connectivity index (χ0v) is 11.8. The van der Waals surface area contributed by atoms with Gasteiger partial charge in [0.05, 0.1) is 11.4 Å². The average molecular weight is 294 g/mol. The van der Waals surface area contributed by atoms with Crippen molar-refractivity contribution in [2.24, 2.45) is 5.73 Å². The monoisotopic (exact) mass is 293 g/mol. The molecule has 0 fully saturated rings. The predicted octanol–water partition coefficient (Wildman–Crippen LogP) is 3.27. The van der Waals surface area contributed by atoms with Crippen LogP contribution in [0.2, 0.25) is 0 Å². The van der Waals surface area contributed by atoms with E-state index in [1.165, 1.54) is 0 Å². The van der Waals surface area contributed by atoms with Crippen LogP contribution < -0.4 is 5.73 Å². The molecule has 0 saturated heterocycles. The predicted molar refractivity (Wildman–Crippen MR) is 73.3 cm³/mol. The van der Waals surface area contributed by atoms with Crippen LogP contribution in [0.15, 0.2) is 28.7 Å². The number of hydrogen-bond donors (Lipinski definition) is 1. The highest BCUT2D eigenvalue weighted by Crippen LogP contribution is 2.25. The van der Waals surface area contributed by atoms with E-state index in [0.29, 0.717) is 0 Å². The maximum absolute atomic E-state index is 5.88. The topological polar surface area (TPSA) is 43.8 Å². The van der Waals surface area contributed by atoms with Crippen molar-refractivity contribution in [2.75, 3.05) is 0 Å². The van der Waals surface area contributed by atoms with Gasteiger partial charge in [0, 0.05) is 16.2 Å². The first-order valence-corrected chi connectivity index (χ1v) is 6.37. The molecule has 17 heavy (non-hydrogen) atoms. The molecule has 0 aliphatic heterocycles. The van der Waals surface area contributed by atoms with Gasteiger partial charge in [0.1, 0.15) is 0 Å². The molecule has 0 aliphatic rings. The third-order valence-corrected chi connectivity index (χ3v) is 3.42. The highest BCUT2D eigenvalue weighted by atomic mass is 79.9. The summed E-state index contributed by atoms with van der Waals surface area (Å²) >= 11 is 3.56. The Bertz CT molecular complexity index is 544. The summed E-state index contributed by atoms with van der Waals surface area (Å²) in [6.07, 6.45) is 0. The van der Waals surface area contributed by atoms with Crippen molar-refractivity contribution in [3.05, 3.63) is 45.7 Å². The number of hydrogen-bond acceptors (Lipinski definition) is 2. The van der Waals surface area contributed by atoms with Gasteiger partial charge >= 0.3 is 0 Å². The Balaban J connectivity index is 2.48. The normalized spacial score (nSPS) is 12.8. The largest absolute Gasteiger partial charge is 0.324 e. The van der Waals surface area contributed by atoms with Gasteiger partial charge in [-0.25, -0.2) is 4.68 Å². The Hall–Kier alpha value is -1.13. The van der Waals surface area contributed by atoms with Crippen LogP contribution in [0.4, 0.5) is 0 Å². The quantitative estimate of drug-likeness (QED) is 0.923. The summed E-state index contributed by atoms with van der Waals surface area (Å²) < 4.78 is 2.96. The Labute approximate surface area is 110 Å². The minimum atomic E-state index is 0.0267. The minimum Gasteiger partial charge on any atom is -0.324 e. The second-order valence-electron chi connectivity index (χ2n) is 4.33. The number of rotatable bonds is 2. The maximum atomic E-state index is 5.88. The van der Waals surface area contributed by atoms with Crippen molar-refractivity contribution >= 4 is 15.9 Å². The molecule has 0 saturated carbocycles. The van der Waals surface area contributed by atoms with Gasteiger partial charge in [0.25, 0.3) is 0 Å². The Morgan fingerprint density at radius 2 is 2.00 bits per heavy atom. The van der Waals surface area contributed by atoms with E-state index >= 15 is 0 Å². The van der Waals surface area contributed by atoms with Crippen molar-refractivity contribution in [1.82, 2.24) is 9.78 Å². The van der Waals surface area contributed by atoms with Gasteiger partial charge in [-0.2, -0.15) is 5.10 Å². The Morgan fingerprint density at radius 1 is 1.29 bits per heavy atom. The van der Waals surface area contributed by atoms with Gasteiger partial charge in [-0.1, -0.05) is 22.0 Å². The summed E-state index contributed by atoms with van der Waals surface area (Å²) in [4.78, 5) is 0. The van der Waals surface area contributed by atoms with E-state index in [-0.39, 0.29) is 6.04 Å². The number of benzene rings is 1. The molecule has 0 amide bonds. The molecule has 2 aromatic rings. The molecule has 2 N–H and O–H groups in total. The fourth-order valence-corrected chi connectivity index (χ4v) is 2.64. The lowest BCUT2D eigenvalue weighted by molar-refractivity contribution is 0.803. The maximum Gasteiger partial charge on any atom is 0.0660 e. The molecule has 0 aliphatic carbocycles. The van der Waals surface area contributed by atoms with Crippen molar-refractivity contribution in [2.45, 2.75) is 26.8 Å². The van der Waals surface area contributed by atoms with Crippen LogP contribution in [0.5, 0.6) is 0 Å². The SMILES string of the molecule is Cc1cc(C)n(-c2ccc(C(C)N)c(Br)c2)n1. The summed E-state index contributed by atoms with van der Waals surface area (Å²) in [5, 5.41) is 4.46. The Morgan fingerprint density at radius 3 is 2.47 bits per heavy atom. The first kappa shape index (κ1) is 12.3. The van der Waals surface area contributed by atoms with E-state index < -0.39 is 0 Å². The van der Waals surface area contributed by atoms with E-state index in [1.54, 1.807) is 0 Å². The van der Waals surface area contributed by atoms with Crippen molar-refractivity contribution < 1.29 is 0 Å². The zero-order valence-electron chi connectivity index (χ0n) is 10.2. The highest BCUT2D eigenvalue weighted by Gasteiger charge is 2.08. The van der Waals surface area contributed by atoms with Gasteiger partial charge in [-0.3, -0.25) is 0 Å². The second kappa shape index (κ2) is 4.63. The molecule has 1 atom stereocenters. The molecule has 0 radical (unpaired) electrons. The number of aryl methyl sites for hydroxylation is 2. The van der Waals surface area contributed by atoms with Crippen LogP contribution in [0.1, 0.15) is 29.9 Å². The fraction of sp³-hybridized carbons (Fsp3) is 0.308. The van der Waals surface area contributed by atoms with Crippen molar-refractivity contribution in [3.63, 3.8) is 0 Å². The summed E-state index contributed by atoms with van der Waals surface area (Å²) in [5.41, 5.74) is 10.2. The summed E-state index contributed by atoms with van der Waals surface area (Å²) in [7, 11) is 0. The molecule has 2 rings (SSSR count). The van der Waals surface area contributed by atoms with Crippen LogP contribution in [-0.2, 0) is 0 Å². The van der Waals surface area contributed by atoms with E-state index in [1.807, 2.05) is 37.6 Å². The lowest BCUT2D eigenvalue weighted by atomic mass is 10.1. The molecular formula is C13H16BrN3. The van der Waals surface area contributed by atoms with E-state index in [2.05, 4.69) is 33.2 Å². The van der Waals surface area contributed by atoms with Gasteiger partial charge < -0.3 is 5.73 Å².